The van der Waals surface area contributed by atoms with Crippen molar-refractivity contribution in [3.63, 3.8) is 0 Å². The summed E-state index contributed by atoms with van der Waals surface area (Å²) in [5.74, 6) is -0.276. The van der Waals surface area contributed by atoms with Crippen LogP contribution in [0, 0.1) is 11.7 Å². The zero-order valence-electron chi connectivity index (χ0n) is 16.2. The predicted octanol–water partition coefficient (Wildman–Crippen LogP) is 3.32. The number of hydrogen-bond acceptors (Lipinski definition) is 4. The molecule has 1 heterocycles. The monoisotopic (exact) mass is 435 g/mol. The van der Waals surface area contributed by atoms with Crippen LogP contribution in [-0.4, -0.2) is 41.6 Å². The van der Waals surface area contributed by atoms with Gasteiger partial charge in [0.1, 0.15) is 11.6 Å². The summed E-state index contributed by atoms with van der Waals surface area (Å²) in [6.45, 7) is 0.760. The quantitative estimate of drug-likeness (QED) is 0.647. The number of rotatable bonds is 6. The molecule has 1 fully saturated rings. The van der Waals surface area contributed by atoms with Gasteiger partial charge in [0, 0.05) is 18.1 Å². The minimum atomic E-state index is -0.768. The standard InChI is InChI=1S/C21H23ClFN3O4/c22-15-3-6-18(17(11-15)25-21(24)29)30-12-19(27)26-9-7-14(8-10-26)20(28)13-1-4-16(23)5-2-13/h1-6,11,14,20,28H,7-10,12H2,(H3,24,25,29). The molecule has 1 aliphatic rings. The first kappa shape index (κ1) is 21.9. The Labute approximate surface area is 178 Å². The zero-order chi connectivity index (χ0) is 21.7. The van der Waals surface area contributed by atoms with E-state index in [2.05, 4.69) is 5.32 Å². The second-order valence-electron chi connectivity index (χ2n) is 7.13. The third-order valence-electron chi connectivity index (χ3n) is 5.10. The first-order valence-corrected chi connectivity index (χ1v) is 9.91. The fourth-order valence-electron chi connectivity index (χ4n) is 3.49. The molecule has 0 bridgehead atoms. The van der Waals surface area contributed by atoms with Gasteiger partial charge < -0.3 is 25.8 Å². The number of urea groups is 1. The summed E-state index contributed by atoms with van der Waals surface area (Å²) in [5, 5.41) is 13.3. The Balaban J connectivity index is 1.52. The molecule has 3 rings (SSSR count). The van der Waals surface area contributed by atoms with Gasteiger partial charge in [0.15, 0.2) is 6.61 Å². The average Bonchev–Trinajstić information content (AvgIpc) is 2.73. The third kappa shape index (κ3) is 5.61. The van der Waals surface area contributed by atoms with Crippen LogP contribution in [0.4, 0.5) is 14.9 Å². The molecule has 1 saturated heterocycles. The zero-order valence-corrected chi connectivity index (χ0v) is 16.9. The van der Waals surface area contributed by atoms with E-state index in [1.54, 1.807) is 29.2 Å². The van der Waals surface area contributed by atoms with Crippen LogP contribution in [0.1, 0.15) is 24.5 Å². The van der Waals surface area contributed by atoms with Gasteiger partial charge in [-0.2, -0.15) is 0 Å². The highest BCUT2D eigenvalue weighted by molar-refractivity contribution is 6.31. The Kier molecular flexibility index (Phi) is 7.12. The Morgan fingerprint density at radius 1 is 1.23 bits per heavy atom. The first-order chi connectivity index (χ1) is 14.3. The molecule has 1 atom stereocenters. The number of nitrogens with two attached hydrogens (primary N) is 1. The number of carbonyl (C=O) groups is 2. The van der Waals surface area contributed by atoms with E-state index in [-0.39, 0.29) is 35.7 Å². The summed E-state index contributed by atoms with van der Waals surface area (Å²) in [7, 11) is 0. The summed E-state index contributed by atoms with van der Waals surface area (Å²) in [6.07, 6.45) is 0.551. The van der Waals surface area contributed by atoms with E-state index < -0.39 is 12.1 Å². The normalized spacial score (nSPS) is 15.5. The topological polar surface area (TPSA) is 105 Å². The van der Waals surface area contributed by atoms with Gasteiger partial charge in [-0.05, 0) is 54.7 Å². The van der Waals surface area contributed by atoms with Gasteiger partial charge in [0.2, 0.25) is 0 Å². The lowest BCUT2D eigenvalue weighted by Gasteiger charge is -2.34. The maximum absolute atomic E-state index is 13.1. The van der Waals surface area contributed by atoms with Gasteiger partial charge in [0.25, 0.3) is 5.91 Å². The highest BCUT2D eigenvalue weighted by Gasteiger charge is 2.28. The molecule has 7 nitrogen and oxygen atoms in total. The molecule has 2 aromatic rings. The van der Waals surface area contributed by atoms with Crippen molar-refractivity contribution in [2.45, 2.75) is 18.9 Å². The van der Waals surface area contributed by atoms with Crippen molar-refractivity contribution < 1.29 is 23.8 Å². The van der Waals surface area contributed by atoms with Gasteiger partial charge in [-0.25, -0.2) is 9.18 Å². The van der Waals surface area contributed by atoms with Crippen LogP contribution in [-0.2, 0) is 4.79 Å². The number of nitrogens with zero attached hydrogens (tertiary/aromatic N) is 1. The molecule has 4 N–H and O–H groups in total. The highest BCUT2D eigenvalue weighted by Crippen LogP contribution is 2.31. The van der Waals surface area contributed by atoms with Crippen molar-refractivity contribution in [1.82, 2.24) is 4.90 Å². The van der Waals surface area contributed by atoms with E-state index >= 15 is 0 Å². The molecule has 160 valence electrons. The van der Waals surface area contributed by atoms with Gasteiger partial charge in [-0.15, -0.1) is 0 Å². The van der Waals surface area contributed by atoms with E-state index in [0.29, 0.717) is 36.5 Å². The average molecular weight is 436 g/mol. The lowest BCUT2D eigenvalue weighted by molar-refractivity contribution is -0.135. The van der Waals surface area contributed by atoms with Crippen LogP contribution in [0.2, 0.25) is 5.02 Å². The lowest BCUT2D eigenvalue weighted by atomic mass is 9.87. The molecule has 1 aliphatic heterocycles. The Hall–Kier alpha value is -2.84. The largest absolute Gasteiger partial charge is 0.482 e. The molecule has 30 heavy (non-hydrogen) atoms. The molecule has 0 aliphatic carbocycles. The number of ether oxygens (including phenoxy) is 1. The molecule has 3 amide bonds. The summed E-state index contributed by atoms with van der Waals surface area (Å²) in [6, 6.07) is 9.65. The maximum Gasteiger partial charge on any atom is 0.316 e. The number of aliphatic hydroxyl groups is 1. The molecule has 0 aromatic heterocycles. The van der Waals surface area contributed by atoms with E-state index in [1.807, 2.05) is 0 Å². The van der Waals surface area contributed by atoms with Crippen molar-refractivity contribution in [1.29, 1.82) is 0 Å². The Bertz CT molecular complexity index is 902. The fraction of sp³-hybridized carbons (Fsp3) is 0.333. The second kappa shape index (κ2) is 9.77. The van der Waals surface area contributed by atoms with Crippen molar-refractivity contribution >= 4 is 29.2 Å². The summed E-state index contributed by atoms with van der Waals surface area (Å²) >= 11 is 5.91. The number of piperidine rings is 1. The SMILES string of the molecule is NC(=O)Nc1cc(Cl)ccc1OCC(=O)N1CCC(C(O)c2ccc(F)cc2)CC1. The van der Waals surface area contributed by atoms with E-state index in [9.17, 15) is 19.1 Å². The van der Waals surface area contributed by atoms with E-state index in [0.717, 1.165) is 0 Å². The molecule has 0 saturated carbocycles. The number of anilines is 1. The Morgan fingerprint density at radius 2 is 1.90 bits per heavy atom. The minimum Gasteiger partial charge on any atom is -0.482 e. The van der Waals surface area contributed by atoms with Gasteiger partial charge >= 0.3 is 6.03 Å². The fourth-order valence-corrected chi connectivity index (χ4v) is 3.66. The molecule has 2 aromatic carbocycles. The number of primary amides is 1. The molecule has 0 spiro atoms. The summed E-state index contributed by atoms with van der Waals surface area (Å²) in [4.78, 5) is 25.3. The summed E-state index contributed by atoms with van der Waals surface area (Å²) in [5.41, 5.74) is 6.09. The van der Waals surface area contributed by atoms with Crippen molar-refractivity contribution in [2.75, 3.05) is 25.0 Å². The van der Waals surface area contributed by atoms with Crippen LogP contribution >= 0.6 is 11.6 Å². The van der Waals surface area contributed by atoms with Crippen LogP contribution in [0.25, 0.3) is 0 Å². The minimum absolute atomic E-state index is 0.0111. The number of aliphatic hydroxyl groups excluding tert-OH is 1. The number of amides is 3. The number of carbonyl (C=O) groups excluding carboxylic acids is 2. The molecule has 0 radical (unpaired) electrons. The van der Waals surface area contributed by atoms with Crippen LogP contribution in [0.5, 0.6) is 5.75 Å². The van der Waals surface area contributed by atoms with E-state index in [1.165, 1.54) is 18.2 Å². The third-order valence-corrected chi connectivity index (χ3v) is 5.34. The molecule has 1 unspecified atom stereocenters. The molecular weight excluding hydrogens is 413 g/mol. The lowest BCUT2D eigenvalue weighted by Crippen LogP contribution is -2.42. The van der Waals surface area contributed by atoms with Crippen LogP contribution in [0.15, 0.2) is 42.5 Å². The van der Waals surface area contributed by atoms with Gasteiger partial charge in [-0.1, -0.05) is 23.7 Å². The number of halogens is 2. The summed E-state index contributed by atoms with van der Waals surface area (Å²) < 4.78 is 18.6. The predicted molar refractivity (Wildman–Crippen MR) is 111 cm³/mol. The maximum atomic E-state index is 13.1. The van der Waals surface area contributed by atoms with Crippen molar-refractivity contribution in [3.8, 4) is 5.75 Å². The van der Waals surface area contributed by atoms with E-state index in [4.69, 9.17) is 22.1 Å². The van der Waals surface area contributed by atoms with Crippen molar-refractivity contribution in [3.05, 3.63) is 58.9 Å². The highest BCUT2D eigenvalue weighted by atomic mass is 35.5. The second-order valence-corrected chi connectivity index (χ2v) is 7.57. The van der Waals surface area contributed by atoms with Gasteiger partial charge in [0.05, 0.1) is 11.8 Å². The molecular formula is C21H23ClFN3O4. The number of nitrogens with one attached hydrogen (secondary N) is 1. The van der Waals surface area contributed by atoms with Crippen molar-refractivity contribution in [2.24, 2.45) is 11.7 Å². The Morgan fingerprint density at radius 3 is 2.53 bits per heavy atom. The number of likely N-dealkylation sites (tertiary alicyclic amines) is 1. The number of benzene rings is 2. The van der Waals surface area contributed by atoms with Crippen LogP contribution < -0.4 is 15.8 Å². The van der Waals surface area contributed by atoms with Gasteiger partial charge in [-0.3, -0.25) is 4.79 Å². The number of hydrogen-bond donors (Lipinski definition) is 3. The van der Waals surface area contributed by atoms with Crippen LogP contribution in [0.3, 0.4) is 0 Å². The molecule has 9 heteroatoms. The first-order valence-electron chi connectivity index (χ1n) is 9.53. The smallest absolute Gasteiger partial charge is 0.316 e.